The zero-order valence-corrected chi connectivity index (χ0v) is 8.52. The van der Waals surface area contributed by atoms with Crippen LogP contribution in [0.3, 0.4) is 0 Å². The van der Waals surface area contributed by atoms with Crippen LogP contribution in [0.15, 0.2) is 0 Å². The predicted molar refractivity (Wildman–Crippen MR) is 48.3 cm³/mol. The number of hydrogen-bond acceptors (Lipinski definition) is 5. The van der Waals surface area contributed by atoms with Gasteiger partial charge in [0.2, 0.25) is 0 Å². The van der Waals surface area contributed by atoms with Crippen molar-refractivity contribution in [3.63, 3.8) is 0 Å². The summed E-state index contributed by atoms with van der Waals surface area (Å²) in [6.45, 7) is 2.54. The molecule has 2 amide bonds. The molecule has 0 bridgehead atoms. The molecule has 0 N–H and O–H groups in total. The number of ether oxygens (including phenoxy) is 1. The molecule has 1 saturated heterocycles. The summed E-state index contributed by atoms with van der Waals surface area (Å²) in [6.07, 6.45) is 0.250. The van der Waals surface area contributed by atoms with Gasteiger partial charge >= 0.3 is 5.97 Å². The van der Waals surface area contributed by atoms with Crippen molar-refractivity contribution in [3.8, 4) is 0 Å². The van der Waals surface area contributed by atoms with Gasteiger partial charge in [-0.25, -0.2) is 4.79 Å². The zero-order valence-electron chi connectivity index (χ0n) is 8.52. The van der Waals surface area contributed by atoms with Crippen LogP contribution in [0.5, 0.6) is 0 Å². The molecular weight excluding hydrogens is 202 g/mol. The van der Waals surface area contributed by atoms with Gasteiger partial charge in [-0.2, -0.15) is 0 Å². The lowest BCUT2D eigenvalue weighted by Crippen LogP contribution is -2.32. The lowest BCUT2D eigenvalue weighted by atomic mass is 10.4. The Balaban J connectivity index is 2.31. The number of rotatable bonds is 5. The molecule has 0 aliphatic carbocycles. The van der Waals surface area contributed by atoms with Crippen molar-refractivity contribution in [2.75, 3.05) is 13.2 Å². The second-order valence-corrected chi connectivity index (χ2v) is 2.99. The van der Waals surface area contributed by atoms with E-state index in [1.807, 2.05) is 0 Å². The first-order chi connectivity index (χ1) is 7.15. The monoisotopic (exact) mass is 215 g/mol. The van der Waals surface area contributed by atoms with Crippen LogP contribution in [-0.2, 0) is 24.0 Å². The number of hydrogen-bond donors (Lipinski definition) is 0. The van der Waals surface area contributed by atoms with Crippen LogP contribution in [0.25, 0.3) is 0 Å². The van der Waals surface area contributed by atoms with Crippen molar-refractivity contribution in [1.29, 1.82) is 0 Å². The van der Waals surface area contributed by atoms with Crippen molar-refractivity contribution in [2.24, 2.45) is 0 Å². The first-order valence-electron chi connectivity index (χ1n) is 4.79. The zero-order chi connectivity index (χ0) is 11.3. The van der Waals surface area contributed by atoms with E-state index >= 15 is 0 Å². The number of amides is 2. The molecule has 0 aromatic carbocycles. The van der Waals surface area contributed by atoms with Gasteiger partial charge in [0.25, 0.3) is 11.8 Å². The van der Waals surface area contributed by atoms with Crippen molar-refractivity contribution >= 4 is 17.8 Å². The van der Waals surface area contributed by atoms with Crippen LogP contribution in [0, 0.1) is 0 Å². The number of carbonyl (C=O) groups excluding carboxylic acids is 3. The Morgan fingerprint density at radius 2 is 1.93 bits per heavy atom. The second-order valence-electron chi connectivity index (χ2n) is 2.99. The van der Waals surface area contributed by atoms with Gasteiger partial charge in [0.15, 0.2) is 0 Å². The summed E-state index contributed by atoms with van der Waals surface area (Å²) in [5.74, 6) is -1.57. The van der Waals surface area contributed by atoms with Gasteiger partial charge in [0.1, 0.15) is 0 Å². The fourth-order valence-electron chi connectivity index (χ4n) is 1.11. The van der Waals surface area contributed by atoms with E-state index in [0.29, 0.717) is 11.7 Å². The maximum absolute atomic E-state index is 11.1. The standard InChI is InChI=1S/C9H13NO5/c1-2-14-6-5-9(13)15-10-7(11)3-4-8(10)12/h2-6H2,1H3. The Hall–Kier alpha value is -1.43. The fraction of sp³-hybridized carbons (Fsp3) is 0.667. The van der Waals surface area contributed by atoms with E-state index in [9.17, 15) is 14.4 Å². The normalized spacial score (nSPS) is 15.9. The van der Waals surface area contributed by atoms with E-state index in [4.69, 9.17) is 4.74 Å². The highest BCUT2D eigenvalue weighted by Crippen LogP contribution is 2.12. The van der Waals surface area contributed by atoms with Gasteiger partial charge in [-0.1, -0.05) is 0 Å². The van der Waals surface area contributed by atoms with E-state index in [1.165, 1.54) is 0 Å². The van der Waals surface area contributed by atoms with Gasteiger partial charge in [-0.3, -0.25) is 9.59 Å². The second kappa shape index (κ2) is 5.45. The van der Waals surface area contributed by atoms with Gasteiger partial charge < -0.3 is 9.57 Å². The van der Waals surface area contributed by atoms with Crippen molar-refractivity contribution in [3.05, 3.63) is 0 Å². The van der Waals surface area contributed by atoms with Crippen LogP contribution in [0.1, 0.15) is 26.2 Å². The van der Waals surface area contributed by atoms with E-state index in [1.54, 1.807) is 6.92 Å². The smallest absolute Gasteiger partial charge is 0.335 e. The lowest BCUT2D eigenvalue weighted by Gasteiger charge is -2.12. The summed E-state index contributed by atoms with van der Waals surface area (Å²) in [5, 5.41) is 0.536. The Morgan fingerprint density at radius 3 is 2.47 bits per heavy atom. The molecule has 0 radical (unpaired) electrons. The number of hydroxylamine groups is 2. The van der Waals surface area contributed by atoms with Crippen LogP contribution in [-0.4, -0.2) is 36.1 Å². The van der Waals surface area contributed by atoms with E-state index in [-0.39, 0.29) is 25.9 Å². The number of nitrogens with zero attached hydrogens (tertiary/aromatic N) is 1. The lowest BCUT2D eigenvalue weighted by molar-refractivity contribution is -0.198. The van der Waals surface area contributed by atoms with Gasteiger partial charge in [-0.05, 0) is 6.92 Å². The van der Waals surface area contributed by atoms with Gasteiger partial charge in [0, 0.05) is 19.4 Å². The molecule has 0 unspecified atom stereocenters. The third-order valence-corrected chi connectivity index (χ3v) is 1.85. The maximum Gasteiger partial charge on any atom is 0.335 e. The molecule has 1 fully saturated rings. The molecule has 1 rings (SSSR count). The molecule has 1 heterocycles. The Kier molecular flexibility index (Phi) is 4.23. The average Bonchev–Trinajstić information content (AvgIpc) is 2.50. The largest absolute Gasteiger partial charge is 0.381 e. The molecular formula is C9H13NO5. The van der Waals surface area contributed by atoms with E-state index in [2.05, 4.69) is 4.84 Å². The Morgan fingerprint density at radius 1 is 1.33 bits per heavy atom. The van der Waals surface area contributed by atoms with E-state index in [0.717, 1.165) is 0 Å². The first-order valence-corrected chi connectivity index (χ1v) is 4.79. The van der Waals surface area contributed by atoms with Crippen LogP contribution < -0.4 is 0 Å². The summed E-state index contributed by atoms with van der Waals surface area (Å²) in [7, 11) is 0. The molecule has 0 aromatic heterocycles. The molecule has 0 saturated carbocycles. The molecule has 0 spiro atoms. The van der Waals surface area contributed by atoms with Crippen LogP contribution in [0.4, 0.5) is 0 Å². The molecule has 84 valence electrons. The van der Waals surface area contributed by atoms with Gasteiger partial charge in [-0.15, -0.1) is 5.06 Å². The molecule has 0 aromatic rings. The number of carbonyl (C=O) groups is 3. The maximum atomic E-state index is 11.1. The third kappa shape index (κ3) is 3.32. The minimum atomic E-state index is -0.632. The first kappa shape index (κ1) is 11.6. The summed E-state index contributed by atoms with van der Waals surface area (Å²) < 4.78 is 4.93. The highest BCUT2D eigenvalue weighted by atomic mass is 16.7. The predicted octanol–water partition coefficient (Wildman–Crippen LogP) is 0.0202. The molecule has 15 heavy (non-hydrogen) atoms. The SMILES string of the molecule is CCOCCC(=O)ON1C(=O)CCC1=O. The summed E-state index contributed by atoms with van der Waals surface area (Å²) in [5.41, 5.74) is 0. The van der Waals surface area contributed by atoms with E-state index < -0.39 is 17.8 Å². The third-order valence-electron chi connectivity index (χ3n) is 1.85. The Bertz CT molecular complexity index is 260. The minimum absolute atomic E-state index is 0.0326. The topological polar surface area (TPSA) is 72.9 Å². The van der Waals surface area contributed by atoms with Crippen molar-refractivity contribution < 1.29 is 24.0 Å². The summed E-state index contributed by atoms with van der Waals surface area (Å²) in [4.78, 5) is 37.8. The van der Waals surface area contributed by atoms with Gasteiger partial charge in [0.05, 0.1) is 13.0 Å². The molecule has 6 heteroatoms. The molecule has 1 aliphatic heterocycles. The highest BCUT2D eigenvalue weighted by Gasteiger charge is 2.32. The quantitative estimate of drug-likeness (QED) is 0.477. The van der Waals surface area contributed by atoms with Crippen molar-refractivity contribution in [1.82, 2.24) is 5.06 Å². The Labute approximate surface area is 87.1 Å². The van der Waals surface area contributed by atoms with Crippen LogP contribution in [0.2, 0.25) is 0 Å². The fourth-order valence-corrected chi connectivity index (χ4v) is 1.11. The van der Waals surface area contributed by atoms with Crippen molar-refractivity contribution in [2.45, 2.75) is 26.2 Å². The highest BCUT2D eigenvalue weighted by molar-refractivity contribution is 6.01. The number of imide groups is 1. The molecule has 0 atom stereocenters. The average molecular weight is 215 g/mol. The molecule has 1 aliphatic rings. The minimum Gasteiger partial charge on any atom is -0.381 e. The summed E-state index contributed by atoms with van der Waals surface area (Å²) in [6, 6.07) is 0. The summed E-state index contributed by atoms with van der Waals surface area (Å²) >= 11 is 0. The molecule has 6 nitrogen and oxygen atoms in total. The van der Waals surface area contributed by atoms with Crippen LogP contribution >= 0.6 is 0 Å².